The maximum Gasteiger partial charge on any atom is 0.251 e. The first-order chi connectivity index (χ1) is 12.3. The fourth-order valence-corrected chi connectivity index (χ4v) is 3.55. The Labute approximate surface area is 148 Å². The molecule has 3 aromatic rings. The third-order valence-corrected chi connectivity index (χ3v) is 4.86. The largest absolute Gasteiger partial charge is 0.348 e. The molecular formula is C22H22N2O. The maximum atomic E-state index is 12.3. The van der Waals surface area contributed by atoms with Crippen molar-refractivity contribution < 1.29 is 4.79 Å². The van der Waals surface area contributed by atoms with Gasteiger partial charge in [-0.25, -0.2) is 0 Å². The third kappa shape index (κ3) is 3.72. The van der Waals surface area contributed by atoms with Gasteiger partial charge in [-0.1, -0.05) is 54.6 Å². The van der Waals surface area contributed by atoms with Crippen molar-refractivity contribution >= 4 is 16.7 Å². The molecule has 1 unspecified atom stereocenters. The number of hydrogen-bond donors (Lipinski definition) is 1. The van der Waals surface area contributed by atoms with Crippen LogP contribution in [0.3, 0.4) is 0 Å². The van der Waals surface area contributed by atoms with Gasteiger partial charge in [-0.2, -0.15) is 0 Å². The molecule has 0 radical (unpaired) electrons. The summed E-state index contributed by atoms with van der Waals surface area (Å²) in [6.45, 7) is 2.86. The molecule has 1 saturated heterocycles. The zero-order valence-electron chi connectivity index (χ0n) is 14.2. The Morgan fingerprint density at radius 1 is 0.960 bits per heavy atom. The predicted octanol–water partition coefficient (Wildman–Crippen LogP) is 3.84. The highest BCUT2D eigenvalue weighted by Gasteiger charge is 2.24. The van der Waals surface area contributed by atoms with Crippen LogP contribution >= 0.6 is 0 Å². The molecule has 1 aliphatic heterocycles. The summed E-state index contributed by atoms with van der Waals surface area (Å²) in [7, 11) is 0. The topological polar surface area (TPSA) is 32.3 Å². The molecule has 0 saturated carbocycles. The molecule has 0 aliphatic carbocycles. The number of nitrogens with zero attached hydrogens (tertiary/aromatic N) is 1. The molecule has 0 bridgehead atoms. The van der Waals surface area contributed by atoms with Gasteiger partial charge in [0, 0.05) is 31.2 Å². The Bertz CT molecular complexity index is 875. The molecule has 1 heterocycles. The molecule has 126 valence electrons. The summed E-state index contributed by atoms with van der Waals surface area (Å²) < 4.78 is 0. The van der Waals surface area contributed by atoms with E-state index in [0.29, 0.717) is 0 Å². The van der Waals surface area contributed by atoms with Gasteiger partial charge >= 0.3 is 0 Å². The van der Waals surface area contributed by atoms with Gasteiger partial charge in [-0.3, -0.25) is 9.69 Å². The lowest BCUT2D eigenvalue weighted by Crippen LogP contribution is -2.36. The minimum Gasteiger partial charge on any atom is -0.348 e. The number of benzene rings is 3. The lowest BCUT2D eigenvalue weighted by molar-refractivity contribution is 0.0937. The molecule has 0 aromatic heterocycles. The smallest absolute Gasteiger partial charge is 0.251 e. The molecule has 4 rings (SSSR count). The lowest BCUT2D eigenvalue weighted by Gasteiger charge is -2.17. The molecule has 25 heavy (non-hydrogen) atoms. The summed E-state index contributed by atoms with van der Waals surface area (Å²) in [5.74, 6) is 0.0261. The number of rotatable bonds is 4. The Balaban J connectivity index is 1.36. The number of carbonyl (C=O) groups excluding carboxylic acids is 1. The number of likely N-dealkylation sites (tertiary alicyclic amines) is 1. The zero-order valence-corrected chi connectivity index (χ0v) is 14.2. The highest BCUT2D eigenvalue weighted by Crippen LogP contribution is 2.19. The van der Waals surface area contributed by atoms with Gasteiger partial charge in [0.15, 0.2) is 0 Å². The van der Waals surface area contributed by atoms with Crippen LogP contribution in [-0.4, -0.2) is 29.9 Å². The molecule has 3 nitrogen and oxygen atoms in total. The van der Waals surface area contributed by atoms with Crippen LogP contribution in [0.2, 0.25) is 0 Å². The maximum absolute atomic E-state index is 12.3. The van der Waals surface area contributed by atoms with Gasteiger partial charge in [-0.15, -0.1) is 0 Å². The SMILES string of the molecule is O=C(NC1CCN(Cc2ccc3ccccc3c2)C1)c1ccccc1. The van der Waals surface area contributed by atoms with E-state index < -0.39 is 0 Å². The van der Waals surface area contributed by atoms with E-state index in [1.54, 1.807) is 0 Å². The normalized spacial score (nSPS) is 17.7. The molecular weight excluding hydrogens is 308 g/mol. The van der Waals surface area contributed by atoms with Crippen molar-refractivity contribution in [1.29, 1.82) is 0 Å². The van der Waals surface area contributed by atoms with E-state index in [2.05, 4.69) is 52.7 Å². The van der Waals surface area contributed by atoms with E-state index >= 15 is 0 Å². The Kier molecular flexibility index (Phi) is 4.49. The molecule has 1 fully saturated rings. The van der Waals surface area contributed by atoms with Gasteiger partial charge in [0.1, 0.15) is 0 Å². The third-order valence-electron chi connectivity index (χ3n) is 4.86. The van der Waals surface area contributed by atoms with Crippen molar-refractivity contribution in [2.24, 2.45) is 0 Å². The second-order valence-corrected chi connectivity index (χ2v) is 6.74. The van der Waals surface area contributed by atoms with Gasteiger partial charge < -0.3 is 5.32 Å². The number of carbonyl (C=O) groups is 1. The predicted molar refractivity (Wildman–Crippen MR) is 102 cm³/mol. The standard InChI is InChI=1S/C22H22N2O/c25-22(19-7-2-1-3-8-19)23-21-12-13-24(16-21)15-17-10-11-18-6-4-5-9-20(18)14-17/h1-11,14,21H,12-13,15-16H2,(H,23,25). The minimum atomic E-state index is 0.0261. The quantitative estimate of drug-likeness (QED) is 0.788. The first kappa shape index (κ1) is 15.9. The van der Waals surface area contributed by atoms with Gasteiger partial charge in [0.2, 0.25) is 0 Å². The monoisotopic (exact) mass is 330 g/mol. The van der Waals surface area contributed by atoms with Crippen LogP contribution in [0.25, 0.3) is 10.8 Å². The first-order valence-electron chi connectivity index (χ1n) is 8.84. The zero-order chi connectivity index (χ0) is 17.1. The Morgan fingerprint density at radius 2 is 1.72 bits per heavy atom. The number of nitrogens with one attached hydrogen (secondary N) is 1. The molecule has 1 N–H and O–H groups in total. The average molecular weight is 330 g/mol. The number of fused-ring (bicyclic) bond motifs is 1. The Morgan fingerprint density at radius 3 is 2.56 bits per heavy atom. The minimum absolute atomic E-state index is 0.0261. The van der Waals surface area contributed by atoms with E-state index in [1.807, 2.05) is 30.3 Å². The molecule has 0 spiro atoms. The fourth-order valence-electron chi connectivity index (χ4n) is 3.55. The van der Waals surface area contributed by atoms with Crippen molar-refractivity contribution in [1.82, 2.24) is 10.2 Å². The van der Waals surface area contributed by atoms with Crippen molar-refractivity contribution in [3.05, 3.63) is 83.9 Å². The average Bonchev–Trinajstić information content (AvgIpc) is 3.09. The number of amides is 1. The van der Waals surface area contributed by atoms with Crippen molar-refractivity contribution in [3.8, 4) is 0 Å². The Hall–Kier alpha value is -2.65. The molecule has 3 aromatic carbocycles. The lowest BCUT2D eigenvalue weighted by atomic mass is 10.1. The van der Waals surface area contributed by atoms with Crippen molar-refractivity contribution in [2.45, 2.75) is 19.0 Å². The fraction of sp³-hybridized carbons (Fsp3) is 0.227. The molecule has 1 aliphatic rings. The molecule has 1 atom stereocenters. The van der Waals surface area contributed by atoms with Crippen LogP contribution in [0.15, 0.2) is 72.8 Å². The van der Waals surface area contributed by atoms with Crippen LogP contribution in [-0.2, 0) is 6.54 Å². The van der Waals surface area contributed by atoms with E-state index in [-0.39, 0.29) is 11.9 Å². The van der Waals surface area contributed by atoms with Crippen LogP contribution in [0.5, 0.6) is 0 Å². The molecule has 1 amide bonds. The van der Waals surface area contributed by atoms with Crippen LogP contribution in [0.4, 0.5) is 0 Å². The van der Waals surface area contributed by atoms with E-state index in [0.717, 1.165) is 31.6 Å². The van der Waals surface area contributed by atoms with E-state index in [9.17, 15) is 4.79 Å². The second kappa shape index (κ2) is 7.08. The van der Waals surface area contributed by atoms with E-state index in [4.69, 9.17) is 0 Å². The first-order valence-corrected chi connectivity index (χ1v) is 8.84. The second-order valence-electron chi connectivity index (χ2n) is 6.74. The summed E-state index contributed by atoms with van der Waals surface area (Å²) >= 11 is 0. The van der Waals surface area contributed by atoms with Gasteiger partial charge in [-0.05, 0) is 41.0 Å². The highest BCUT2D eigenvalue weighted by atomic mass is 16.1. The van der Waals surface area contributed by atoms with Crippen molar-refractivity contribution in [2.75, 3.05) is 13.1 Å². The van der Waals surface area contributed by atoms with Crippen LogP contribution in [0, 0.1) is 0 Å². The summed E-state index contributed by atoms with van der Waals surface area (Å²) in [5, 5.41) is 5.72. The van der Waals surface area contributed by atoms with Crippen molar-refractivity contribution in [3.63, 3.8) is 0 Å². The highest BCUT2D eigenvalue weighted by molar-refractivity contribution is 5.94. The molecule has 3 heteroatoms. The van der Waals surface area contributed by atoms with Crippen LogP contribution in [0.1, 0.15) is 22.3 Å². The van der Waals surface area contributed by atoms with Gasteiger partial charge in [0.25, 0.3) is 5.91 Å². The van der Waals surface area contributed by atoms with E-state index in [1.165, 1.54) is 16.3 Å². The van der Waals surface area contributed by atoms with Crippen LogP contribution < -0.4 is 5.32 Å². The summed E-state index contributed by atoms with van der Waals surface area (Å²) in [6, 6.07) is 24.8. The summed E-state index contributed by atoms with van der Waals surface area (Å²) in [6.07, 6.45) is 1.01. The van der Waals surface area contributed by atoms with Gasteiger partial charge in [0.05, 0.1) is 0 Å². The summed E-state index contributed by atoms with van der Waals surface area (Å²) in [4.78, 5) is 14.7. The summed E-state index contributed by atoms with van der Waals surface area (Å²) in [5.41, 5.74) is 2.06. The number of hydrogen-bond acceptors (Lipinski definition) is 2.